The van der Waals surface area contributed by atoms with Crippen LogP contribution in [0.1, 0.15) is 13.3 Å². The molecular formula is C8H9N. The molecule has 1 aliphatic rings. The van der Waals surface area contributed by atoms with Crippen LogP contribution in [0.2, 0.25) is 0 Å². The van der Waals surface area contributed by atoms with Gasteiger partial charge in [-0.3, -0.25) is 0 Å². The first-order valence-corrected chi connectivity index (χ1v) is 3.04. The van der Waals surface area contributed by atoms with Gasteiger partial charge in [0.25, 0.3) is 0 Å². The van der Waals surface area contributed by atoms with E-state index in [1.165, 1.54) is 5.57 Å². The normalized spacial score (nSPS) is 24.9. The van der Waals surface area contributed by atoms with Crippen molar-refractivity contribution in [3.05, 3.63) is 35.2 Å². The van der Waals surface area contributed by atoms with Gasteiger partial charge >= 0.3 is 0 Å². The number of hydrogen-bond acceptors (Lipinski definition) is 0. The smallest absolute Gasteiger partial charge is 0.248 e. The second kappa shape index (κ2) is 2.50. The van der Waals surface area contributed by atoms with Gasteiger partial charge in [0.05, 0.1) is 0 Å². The zero-order valence-corrected chi connectivity index (χ0v) is 5.46. The summed E-state index contributed by atoms with van der Waals surface area (Å²) in [5.41, 5.74) is 1.19. The van der Waals surface area contributed by atoms with Crippen LogP contribution < -0.4 is 0 Å². The van der Waals surface area contributed by atoms with E-state index in [4.69, 9.17) is 6.57 Å². The molecule has 9 heavy (non-hydrogen) atoms. The van der Waals surface area contributed by atoms with Gasteiger partial charge in [-0.05, 0) is 6.92 Å². The summed E-state index contributed by atoms with van der Waals surface area (Å²) in [5, 5.41) is 0. The summed E-state index contributed by atoms with van der Waals surface area (Å²) in [7, 11) is 0. The molecule has 0 saturated carbocycles. The van der Waals surface area contributed by atoms with Crippen molar-refractivity contribution in [2.24, 2.45) is 0 Å². The molecule has 0 heterocycles. The Morgan fingerprint density at radius 2 is 2.56 bits per heavy atom. The van der Waals surface area contributed by atoms with Gasteiger partial charge in [0, 0.05) is 12.0 Å². The summed E-state index contributed by atoms with van der Waals surface area (Å²) in [6.07, 6.45) is 6.95. The molecule has 0 bridgehead atoms. The lowest BCUT2D eigenvalue weighted by molar-refractivity contribution is 0.883. The highest BCUT2D eigenvalue weighted by Crippen LogP contribution is 2.14. The quantitative estimate of drug-likeness (QED) is 0.430. The van der Waals surface area contributed by atoms with Crippen molar-refractivity contribution >= 4 is 0 Å². The minimum absolute atomic E-state index is 0.120. The first kappa shape index (κ1) is 6.10. The Morgan fingerprint density at radius 3 is 3.00 bits per heavy atom. The Bertz CT molecular complexity index is 193. The average molecular weight is 119 g/mol. The summed E-state index contributed by atoms with van der Waals surface area (Å²) in [4.78, 5) is 3.46. The molecule has 1 heteroatoms. The molecule has 1 rings (SSSR count). The molecule has 0 aromatic rings. The van der Waals surface area contributed by atoms with Gasteiger partial charge in [0.15, 0.2) is 0 Å². The van der Waals surface area contributed by atoms with E-state index in [1.54, 1.807) is 0 Å². The topological polar surface area (TPSA) is 4.36 Å². The van der Waals surface area contributed by atoms with Crippen LogP contribution in [0.15, 0.2) is 23.8 Å². The predicted molar refractivity (Wildman–Crippen MR) is 37.9 cm³/mol. The summed E-state index contributed by atoms with van der Waals surface area (Å²) >= 11 is 0. The molecule has 1 nitrogen and oxygen atoms in total. The molecule has 0 aromatic heterocycles. The van der Waals surface area contributed by atoms with Gasteiger partial charge in [0.2, 0.25) is 6.04 Å². The predicted octanol–water partition coefficient (Wildman–Crippen LogP) is 2.18. The van der Waals surface area contributed by atoms with Crippen molar-refractivity contribution in [2.75, 3.05) is 0 Å². The lowest BCUT2D eigenvalue weighted by Gasteiger charge is -2.04. The van der Waals surface area contributed by atoms with Crippen LogP contribution in [0, 0.1) is 6.57 Å². The first-order chi connectivity index (χ1) is 4.34. The van der Waals surface area contributed by atoms with Crippen molar-refractivity contribution < 1.29 is 0 Å². The number of rotatable bonds is 0. The minimum Gasteiger partial charge on any atom is -0.309 e. The van der Waals surface area contributed by atoms with E-state index in [1.807, 2.05) is 25.2 Å². The van der Waals surface area contributed by atoms with Crippen LogP contribution in [0.25, 0.3) is 4.85 Å². The molecule has 0 N–H and O–H groups in total. The van der Waals surface area contributed by atoms with Crippen LogP contribution in [0.4, 0.5) is 0 Å². The fraction of sp³-hybridized carbons (Fsp3) is 0.375. The van der Waals surface area contributed by atoms with Crippen molar-refractivity contribution in [2.45, 2.75) is 19.4 Å². The van der Waals surface area contributed by atoms with Crippen molar-refractivity contribution in [1.29, 1.82) is 0 Å². The summed E-state index contributed by atoms with van der Waals surface area (Å²) in [6, 6.07) is 0.120. The summed E-state index contributed by atoms with van der Waals surface area (Å²) < 4.78 is 0. The van der Waals surface area contributed by atoms with Gasteiger partial charge < -0.3 is 4.85 Å². The van der Waals surface area contributed by atoms with E-state index in [0.29, 0.717) is 0 Å². The van der Waals surface area contributed by atoms with E-state index in [9.17, 15) is 0 Å². The standard InChI is InChI=1S/C8H9N/c1-7-5-3-4-6-8(7)9-2/h3-5,8H,6H2,1H3. The third-order valence-corrected chi connectivity index (χ3v) is 1.54. The second-order valence-corrected chi connectivity index (χ2v) is 2.22. The van der Waals surface area contributed by atoms with Crippen LogP contribution >= 0.6 is 0 Å². The maximum Gasteiger partial charge on any atom is 0.248 e. The Hall–Kier alpha value is -1.03. The van der Waals surface area contributed by atoms with Crippen LogP contribution in [0.5, 0.6) is 0 Å². The lowest BCUT2D eigenvalue weighted by Crippen LogP contribution is -2.03. The van der Waals surface area contributed by atoms with E-state index < -0.39 is 0 Å². The van der Waals surface area contributed by atoms with Crippen LogP contribution in [-0.2, 0) is 0 Å². The third-order valence-electron chi connectivity index (χ3n) is 1.54. The highest BCUT2D eigenvalue weighted by molar-refractivity contribution is 5.24. The SMILES string of the molecule is [C-]#[N+]C1CC=CC=C1C. The van der Waals surface area contributed by atoms with E-state index >= 15 is 0 Å². The second-order valence-electron chi connectivity index (χ2n) is 2.22. The van der Waals surface area contributed by atoms with Crippen LogP contribution in [0.3, 0.4) is 0 Å². The Morgan fingerprint density at radius 1 is 1.78 bits per heavy atom. The van der Waals surface area contributed by atoms with Crippen molar-refractivity contribution in [1.82, 2.24) is 0 Å². The van der Waals surface area contributed by atoms with E-state index in [-0.39, 0.29) is 6.04 Å². The molecule has 1 unspecified atom stereocenters. The fourth-order valence-corrected chi connectivity index (χ4v) is 0.879. The molecular weight excluding hydrogens is 110 g/mol. The number of nitrogens with zero attached hydrogens (tertiary/aromatic N) is 1. The molecule has 46 valence electrons. The Balaban J connectivity index is 2.73. The minimum atomic E-state index is 0.120. The molecule has 0 fully saturated rings. The maximum absolute atomic E-state index is 6.78. The number of allylic oxidation sites excluding steroid dienone is 2. The van der Waals surface area contributed by atoms with E-state index in [0.717, 1.165) is 6.42 Å². The zero-order valence-electron chi connectivity index (χ0n) is 5.46. The third kappa shape index (κ3) is 1.20. The molecule has 0 saturated heterocycles. The van der Waals surface area contributed by atoms with Crippen molar-refractivity contribution in [3.8, 4) is 0 Å². The fourth-order valence-electron chi connectivity index (χ4n) is 0.879. The van der Waals surface area contributed by atoms with Gasteiger partial charge in [0.1, 0.15) is 0 Å². The number of hydrogen-bond donors (Lipinski definition) is 0. The molecule has 1 aliphatic carbocycles. The van der Waals surface area contributed by atoms with Gasteiger partial charge in [-0.25, -0.2) is 6.57 Å². The molecule has 0 amide bonds. The molecule has 0 spiro atoms. The highest BCUT2D eigenvalue weighted by Gasteiger charge is 2.13. The first-order valence-electron chi connectivity index (χ1n) is 3.04. The summed E-state index contributed by atoms with van der Waals surface area (Å²) in [5.74, 6) is 0. The summed E-state index contributed by atoms with van der Waals surface area (Å²) in [6.45, 7) is 8.78. The monoisotopic (exact) mass is 119 g/mol. The van der Waals surface area contributed by atoms with Gasteiger partial charge in [-0.15, -0.1) is 0 Å². The molecule has 0 aromatic carbocycles. The Kier molecular flexibility index (Phi) is 1.69. The van der Waals surface area contributed by atoms with Crippen molar-refractivity contribution in [3.63, 3.8) is 0 Å². The molecule has 1 atom stereocenters. The van der Waals surface area contributed by atoms with Gasteiger partial charge in [-0.2, -0.15) is 0 Å². The molecule has 0 radical (unpaired) electrons. The zero-order chi connectivity index (χ0) is 6.69. The molecule has 0 aliphatic heterocycles. The van der Waals surface area contributed by atoms with E-state index in [2.05, 4.69) is 4.85 Å². The Labute approximate surface area is 55.5 Å². The van der Waals surface area contributed by atoms with Gasteiger partial charge in [-0.1, -0.05) is 18.2 Å². The maximum atomic E-state index is 6.78. The highest BCUT2D eigenvalue weighted by atomic mass is 14.7. The average Bonchev–Trinajstić information content (AvgIpc) is 1.89. The largest absolute Gasteiger partial charge is 0.309 e. The lowest BCUT2D eigenvalue weighted by atomic mass is 10.0. The van der Waals surface area contributed by atoms with Crippen LogP contribution in [-0.4, -0.2) is 6.04 Å².